The van der Waals surface area contributed by atoms with E-state index in [9.17, 15) is 9.59 Å². The smallest absolute Gasteiger partial charge is 0.265 e. The summed E-state index contributed by atoms with van der Waals surface area (Å²) in [5.41, 5.74) is 2.31. The minimum absolute atomic E-state index is 0.0373. The van der Waals surface area contributed by atoms with Crippen molar-refractivity contribution < 1.29 is 14.3 Å². The molecule has 1 heterocycles. The van der Waals surface area contributed by atoms with Crippen LogP contribution in [0.1, 0.15) is 56.5 Å². The van der Waals surface area contributed by atoms with Gasteiger partial charge in [-0.25, -0.2) is 0 Å². The second kappa shape index (κ2) is 8.68. The second-order valence-electron chi connectivity index (χ2n) is 8.57. The average Bonchev–Trinajstić information content (AvgIpc) is 3.22. The molecule has 1 N–H and O–H groups in total. The molecule has 154 valence electrons. The zero-order valence-electron chi connectivity index (χ0n) is 17.7. The number of amides is 2. The van der Waals surface area contributed by atoms with Crippen LogP contribution in [0.5, 0.6) is 5.75 Å². The Hall–Kier alpha value is -2.82. The highest BCUT2D eigenvalue weighted by Gasteiger charge is 2.23. The Balaban J connectivity index is 1.66. The fraction of sp³-hybridized carbons (Fsp3) is 0.417. The Morgan fingerprint density at radius 3 is 2.24 bits per heavy atom. The first-order valence-corrected chi connectivity index (χ1v) is 10.2. The second-order valence-corrected chi connectivity index (χ2v) is 8.57. The fourth-order valence-electron chi connectivity index (χ4n) is 3.39. The standard InChI is InChI=1S/C24H30N2O3/c1-17(29-19-13-11-18(12-14-19)24(2,3)4)22(27)25-21-10-6-5-9-20(21)23(28)26-15-7-8-16-26/h5-6,9-14,17H,7-8,15-16H2,1-4H3,(H,25,27)/t17-/m0/s1. The van der Waals surface area contributed by atoms with Crippen molar-refractivity contribution in [2.45, 2.75) is 52.1 Å². The summed E-state index contributed by atoms with van der Waals surface area (Å²) < 4.78 is 5.81. The number of carbonyl (C=O) groups excluding carboxylic acids is 2. The van der Waals surface area contributed by atoms with Crippen LogP contribution >= 0.6 is 0 Å². The summed E-state index contributed by atoms with van der Waals surface area (Å²) in [6.07, 6.45) is 1.36. The lowest BCUT2D eigenvalue weighted by atomic mass is 9.87. The number of nitrogens with one attached hydrogen (secondary N) is 1. The van der Waals surface area contributed by atoms with Crippen LogP contribution in [0.3, 0.4) is 0 Å². The third-order valence-corrected chi connectivity index (χ3v) is 5.21. The van der Waals surface area contributed by atoms with Gasteiger partial charge in [0.05, 0.1) is 11.3 Å². The predicted molar refractivity (Wildman–Crippen MR) is 115 cm³/mol. The number of hydrogen-bond donors (Lipinski definition) is 1. The van der Waals surface area contributed by atoms with E-state index in [2.05, 4.69) is 26.1 Å². The molecule has 0 aromatic heterocycles. The molecule has 0 saturated carbocycles. The molecule has 0 unspecified atom stereocenters. The highest BCUT2D eigenvalue weighted by molar-refractivity contribution is 6.04. The van der Waals surface area contributed by atoms with E-state index in [4.69, 9.17) is 4.74 Å². The van der Waals surface area contributed by atoms with Gasteiger partial charge in [0.25, 0.3) is 11.8 Å². The van der Waals surface area contributed by atoms with E-state index in [0.29, 0.717) is 17.0 Å². The van der Waals surface area contributed by atoms with Crippen LogP contribution in [0.2, 0.25) is 0 Å². The van der Waals surface area contributed by atoms with Crippen molar-refractivity contribution in [3.63, 3.8) is 0 Å². The zero-order chi connectivity index (χ0) is 21.0. The summed E-state index contributed by atoms with van der Waals surface area (Å²) in [5.74, 6) is 0.318. The highest BCUT2D eigenvalue weighted by Crippen LogP contribution is 2.25. The molecule has 29 heavy (non-hydrogen) atoms. The van der Waals surface area contributed by atoms with Gasteiger partial charge in [0.2, 0.25) is 0 Å². The molecule has 5 heteroatoms. The van der Waals surface area contributed by atoms with E-state index in [1.54, 1.807) is 19.1 Å². The van der Waals surface area contributed by atoms with Gasteiger partial charge in [0, 0.05) is 13.1 Å². The molecular weight excluding hydrogens is 364 g/mol. The van der Waals surface area contributed by atoms with Gasteiger partial charge in [-0.3, -0.25) is 9.59 Å². The number of ether oxygens (including phenoxy) is 1. The van der Waals surface area contributed by atoms with Gasteiger partial charge in [0.15, 0.2) is 6.10 Å². The van der Waals surface area contributed by atoms with Crippen molar-refractivity contribution in [2.24, 2.45) is 0 Å². The first kappa shape index (κ1) is 20.9. The lowest BCUT2D eigenvalue weighted by molar-refractivity contribution is -0.122. The Morgan fingerprint density at radius 2 is 1.62 bits per heavy atom. The minimum Gasteiger partial charge on any atom is -0.481 e. The SMILES string of the molecule is C[C@H](Oc1ccc(C(C)(C)C)cc1)C(=O)Nc1ccccc1C(=O)N1CCCC1. The highest BCUT2D eigenvalue weighted by atomic mass is 16.5. The molecule has 1 fully saturated rings. The van der Waals surface area contributed by atoms with Crippen LogP contribution < -0.4 is 10.1 Å². The van der Waals surface area contributed by atoms with E-state index >= 15 is 0 Å². The quantitative estimate of drug-likeness (QED) is 0.805. The number of nitrogens with zero attached hydrogens (tertiary/aromatic N) is 1. The van der Waals surface area contributed by atoms with Crippen LogP contribution in [0.15, 0.2) is 48.5 Å². The molecule has 0 radical (unpaired) electrons. The van der Waals surface area contributed by atoms with Crippen molar-refractivity contribution in [2.75, 3.05) is 18.4 Å². The molecule has 1 saturated heterocycles. The minimum atomic E-state index is -0.689. The third kappa shape index (κ3) is 5.17. The predicted octanol–water partition coefficient (Wildman–Crippen LogP) is 4.63. The molecule has 1 aliphatic heterocycles. The van der Waals surface area contributed by atoms with E-state index < -0.39 is 6.10 Å². The molecule has 2 aromatic carbocycles. The molecular formula is C24H30N2O3. The Labute approximate surface area is 173 Å². The maximum Gasteiger partial charge on any atom is 0.265 e. The summed E-state index contributed by atoms with van der Waals surface area (Å²) in [4.78, 5) is 27.3. The van der Waals surface area contributed by atoms with Crippen molar-refractivity contribution >= 4 is 17.5 Å². The lowest BCUT2D eigenvalue weighted by Gasteiger charge is -2.21. The molecule has 3 rings (SSSR count). The van der Waals surface area contributed by atoms with Gasteiger partial charge >= 0.3 is 0 Å². The van der Waals surface area contributed by atoms with E-state index in [0.717, 1.165) is 25.9 Å². The van der Waals surface area contributed by atoms with Gasteiger partial charge in [-0.15, -0.1) is 0 Å². The first-order valence-electron chi connectivity index (χ1n) is 10.2. The maximum absolute atomic E-state index is 12.8. The Bertz CT molecular complexity index is 862. The molecule has 2 amide bonds. The van der Waals surface area contributed by atoms with Gasteiger partial charge in [-0.1, -0.05) is 45.0 Å². The van der Waals surface area contributed by atoms with Crippen LogP contribution in [-0.2, 0) is 10.2 Å². The molecule has 1 atom stereocenters. The van der Waals surface area contributed by atoms with Crippen molar-refractivity contribution in [1.82, 2.24) is 4.90 Å². The number of likely N-dealkylation sites (tertiary alicyclic amines) is 1. The van der Waals surface area contributed by atoms with Crippen LogP contribution in [0, 0.1) is 0 Å². The summed E-state index contributed by atoms with van der Waals surface area (Å²) in [5, 5.41) is 2.86. The number of hydrogen-bond acceptors (Lipinski definition) is 3. The van der Waals surface area contributed by atoms with Crippen molar-refractivity contribution in [3.8, 4) is 5.75 Å². The van der Waals surface area contributed by atoms with Gasteiger partial charge in [-0.05, 0) is 55.0 Å². The van der Waals surface area contributed by atoms with Gasteiger partial charge in [-0.2, -0.15) is 0 Å². The summed E-state index contributed by atoms with van der Waals surface area (Å²) in [6, 6.07) is 14.9. The topological polar surface area (TPSA) is 58.6 Å². The number of para-hydroxylation sites is 1. The number of rotatable bonds is 5. The van der Waals surface area contributed by atoms with Crippen LogP contribution in [0.25, 0.3) is 0 Å². The van der Waals surface area contributed by atoms with E-state index in [1.807, 2.05) is 41.3 Å². The molecule has 0 bridgehead atoms. The summed E-state index contributed by atoms with van der Waals surface area (Å²) in [7, 11) is 0. The Kier molecular flexibility index (Phi) is 6.26. The molecule has 5 nitrogen and oxygen atoms in total. The van der Waals surface area contributed by atoms with E-state index in [1.165, 1.54) is 5.56 Å². The number of benzene rings is 2. The largest absolute Gasteiger partial charge is 0.481 e. The van der Waals surface area contributed by atoms with Gasteiger partial charge in [0.1, 0.15) is 5.75 Å². The van der Waals surface area contributed by atoms with Crippen molar-refractivity contribution in [3.05, 3.63) is 59.7 Å². The molecule has 2 aromatic rings. The first-order chi connectivity index (χ1) is 13.8. The van der Waals surface area contributed by atoms with Gasteiger partial charge < -0.3 is 15.0 Å². The third-order valence-electron chi connectivity index (χ3n) is 5.21. The Morgan fingerprint density at radius 1 is 1.00 bits per heavy atom. The molecule has 0 aliphatic carbocycles. The average molecular weight is 395 g/mol. The normalized spacial score (nSPS) is 15.1. The number of anilines is 1. The van der Waals surface area contributed by atoms with E-state index in [-0.39, 0.29) is 17.2 Å². The molecule has 0 spiro atoms. The van der Waals surface area contributed by atoms with Crippen LogP contribution in [-0.4, -0.2) is 35.9 Å². The van der Waals surface area contributed by atoms with Crippen molar-refractivity contribution in [1.29, 1.82) is 0 Å². The summed E-state index contributed by atoms with van der Waals surface area (Å²) >= 11 is 0. The lowest BCUT2D eigenvalue weighted by Crippen LogP contribution is -2.32. The van der Waals surface area contributed by atoms with Crippen LogP contribution in [0.4, 0.5) is 5.69 Å². The summed E-state index contributed by atoms with van der Waals surface area (Å²) in [6.45, 7) is 9.70. The monoisotopic (exact) mass is 394 g/mol. The zero-order valence-corrected chi connectivity index (χ0v) is 17.7. The number of carbonyl (C=O) groups is 2. The maximum atomic E-state index is 12.8. The fourth-order valence-corrected chi connectivity index (χ4v) is 3.39. The molecule has 1 aliphatic rings.